The molecule has 0 spiro atoms. The zero-order valence-electron chi connectivity index (χ0n) is 14.1. The van der Waals surface area contributed by atoms with Gasteiger partial charge in [-0.05, 0) is 6.92 Å². The van der Waals surface area contributed by atoms with Crippen LogP contribution < -0.4 is 0 Å². The van der Waals surface area contributed by atoms with Gasteiger partial charge in [-0.1, -0.05) is 25.9 Å². The summed E-state index contributed by atoms with van der Waals surface area (Å²) in [6.45, 7) is 11.4. The summed E-state index contributed by atoms with van der Waals surface area (Å²) in [6.07, 6.45) is 0. The number of rotatable bonds is 4. The first-order valence-electron chi connectivity index (χ1n) is 7.67. The van der Waals surface area contributed by atoms with E-state index in [4.69, 9.17) is 9.26 Å². The van der Waals surface area contributed by atoms with Gasteiger partial charge in [-0.2, -0.15) is 4.98 Å². The molecule has 0 N–H and O–H groups in total. The maximum Gasteiger partial charge on any atom is 0.248 e. The molecule has 1 unspecified atom stereocenters. The number of hydrogen-bond acceptors (Lipinski definition) is 6. The zero-order chi connectivity index (χ0) is 16.3. The second kappa shape index (κ2) is 6.75. The lowest BCUT2D eigenvalue weighted by Crippen LogP contribution is -2.50. The zero-order valence-corrected chi connectivity index (χ0v) is 14.1. The van der Waals surface area contributed by atoms with Gasteiger partial charge < -0.3 is 14.2 Å². The second-order valence-electron chi connectivity index (χ2n) is 6.73. The van der Waals surface area contributed by atoms with E-state index in [1.165, 1.54) is 0 Å². The number of piperazine rings is 1. The van der Waals surface area contributed by atoms with E-state index in [0.29, 0.717) is 19.0 Å². The van der Waals surface area contributed by atoms with Gasteiger partial charge in [0.05, 0.1) is 6.04 Å². The molecule has 0 aromatic carbocycles. The molecule has 1 aromatic heterocycles. The van der Waals surface area contributed by atoms with Crippen molar-refractivity contribution in [2.24, 2.45) is 0 Å². The van der Waals surface area contributed by atoms with Crippen molar-refractivity contribution in [2.75, 3.05) is 39.9 Å². The Morgan fingerprint density at radius 2 is 1.95 bits per heavy atom. The van der Waals surface area contributed by atoms with Crippen LogP contribution >= 0.6 is 0 Å². The molecule has 1 aromatic rings. The van der Waals surface area contributed by atoms with Gasteiger partial charge in [0.25, 0.3) is 0 Å². The average Bonchev–Trinajstić information content (AvgIpc) is 2.97. The van der Waals surface area contributed by atoms with E-state index < -0.39 is 0 Å². The highest BCUT2D eigenvalue weighted by Gasteiger charge is 2.29. The molecule has 1 aliphatic heterocycles. The highest BCUT2D eigenvalue weighted by molar-refractivity contribution is 5.77. The van der Waals surface area contributed by atoms with Crippen molar-refractivity contribution in [1.29, 1.82) is 0 Å². The molecule has 0 radical (unpaired) electrons. The smallest absolute Gasteiger partial charge is 0.248 e. The van der Waals surface area contributed by atoms with Crippen molar-refractivity contribution in [3.05, 3.63) is 11.7 Å². The molecule has 2 heterocycles. The Balaban J connectivity index is 1.93. The Bertz CT molecular complexity index is 501. The summed E-state index contributed by atoms with van der Waals surface area (Å²) in [5.41, 5.74) is -0.118. The Hall–Kier alpha value is -1.47. The van der Waals surface area contributed by atoms with Gasteiger partial charge in [0.2, 0.25) is 11.8 Å². The van der Waals surface area contributed by atoms with E-state index >= 15 is 0 Å². The molecule has 7 nitrogen and oxygen atoms in total. The fourth-order valence-electron chi connectivity index (χ4n) is 2.44. The lowest BCUT2D eigenvalue weighted by molar-refractivity contribution is -0.137. The maximum absolute atomic E-state index is 11.8. The summed E-state index contributed by atoms with van der Waals surface area (Å²) >= 11 is 0. The molecule has 1 aliphatic rings. The van der Waals surface area contributed by atoms with Crippen LogP contribution in [0.5, 0.6) is 0 Å². The number of methoxy groups -OCH3 is 1. The molecule has 0 saturated carbocycles. The Labute approximate surface area is 131 Å². The van der Waals surface area contributed by atoms with Gasteiger partial charge in [-0.25, -0.2) is 0 Å². The van der Waals surface area contributed by atoms with E-state index in [-0.39, 0.29) is 24.0 Å². The van der Waals surface area contributed by atoms with Gasteiger partial charge in [0, 0.05) is 38.7 Å². The van der Waals surface area contributed by atoms with Gasteiger partial charge in [0.1, 0.15) is 6.61 Å². The largest absolute Gasteiger partial charge is 0.375 e. The highest BCUT2D eigenvalue weighted by Crippen LogP contribution is 2.24. The predicted octanol–water partition coefficient (Wildman–Crippen LogP) is 1.22. The predicted molar refractivity (Wildman–Crippen MR) is 81.4 cm³/mol. The molecule has 22 heavy (non-hydrogen) atoms. The van der Waals surface area contributed by atoms with Crippen molar-refractivity contribution >= 4 is 5.91 Å². The first-order chi connectivity index (χ1) is 10.3. The SMILES string of the molecule is COCC(=O)N1CCN(C(C)c2nc(C(C)(C)C)no2)CC1. The molecular weight excluding hydrogens is 284 g/mol. The monoisotopic (exact) mass is 310 g/mol. The van der Waals surface area contributed by atoms with E-state index in [0.717, 1.165) is 18.9 Å². The summed E-state index contributed by atoms with van der Waals surface area (Å²) in [4.78, 5) is 20.4. The summed E-state index contributed by atoms with van der Waals surface area (Å²) in [5.74, 6) is 1.41. The summed E-state index contributed by atoms with van der Waals surface area (Å²) in [7, 11) is 1.54. The maximum atomic E-state index is 11.8. The van der Waals surface area contributed by atoms with E-state index in [1.807, 2.05) is 4.90 Å². The molecule has 2 rings (SSSR count). The minimum Gasteiger partial charge on any atom is -0.375 e. The van der Waals surface area contributed by atoms with Crippen LogP contribution in [-0.2, 0) is 14.9 Å². The fourth-order valence-corrected chi connectivity index (χ4v) is 2.44. The third kappa shape index (κ3) is 3.84. The van der Waals surface area contributed by atoms with Crippen molar-refractivity contribution in [1.82, 2.24) is 19.9 Å². The number of ether oxygens (including phenoxy) is 1. The number of amides is 1. The van der Waals surface area contributed by atoms with Crippen molar-refractivity contribution < 1.29 is 14.1 Å². The third-order valence-corrected chi connectivity index (χ3v) is 3.95. The molecule has 1 fully saturated rings. The quantitative estimate of drug-likeness (QED) is 0.832. The Morgan fingerprint density at radius 1 is 1.32 bits per heavy atom. The van der Waals surface area contributed by atoms with Crippen LogP contribution in [0.4, 0.5) is 0 Å². The van der Waals surface area contributed by atoms with Crippen LogP contribution in [-0.4, -0.2) is 65.7 Å². The number of nitrogens with zero attached hydrogens (tertiary/aromatic N) is 4. The fraction of sp³-hybridized carbons (Fsp3) is 0.800. The number of aromatic nitrogens is 2. The molecular formula is C15H26N4O3. The molecule has 7 heteroatoms. The summed E-state index contributed by atoms with van der Waals surface area (Å²) in [6, 6.07) is 0.0586. The van der Waals surface area contributed by atoms with Crippen LogP contribution in [0.25, 0.3) is 0 Å². The van der Waals surface area contributed by atoms with Crippen molar-refractivity contribution in [2.45, 2.75) is 39.2 Å². The van der Waals surface area contributed by atoms with Crippen LogP contribution in [0.1, 0.15) is 45.5 Å². The van der Waals surface area contributed by atoms with Gasteiger partial charge in [-0.3, -0.25) is 9.69 Å². The van der Waals surface area contributed by atoms with Crippen LogP contribution in [0, 0.1) is 0 Å². The third-order valence-electron chi connectivity index (χ3n) is 3.95. The molecule has 0 aliphatic carbocycles. The summed E-state index contributed by atoms with van der Waals surface area (Å²) < 4.78 is 10.3. The lowest BCUT2D eigenvalue weighted by atomic mass is 9.96. The molecule has 1 amide bonds. The molecule has 1 saturated heterocycles. The van der Waals surface area contributed by atoms with Crippen molar-refractivity contribution in [3.8, 4) is 0 Å². The molecule has 124 valence electrons. The van der Waals surface area contributed by atoms with Crippen LogP contribution in [0.15, 0.2) is 4.52 Å². The van der Waals surface area contributed by atoms with Gasteiger partial charge >= 0.3 is 0 Å². The van der Waals surface area contributed by atoms with E-state index in [9.17, 15) is 4.79 Å². The van der Waals surface area contributed by atoms with Crippen LogP contribution in [0.3, 0.4) is 0 Å². The van der Waals surface area contributed by atoms with Gasteiger partial charge in [0.15, 0.2) is 5.82 Å². The number of hydrogen-bond donors (Lipinski definition) is 0. The Morgan fingerprint density at radius 3 is 2.45 bits per heavy atom. The minimum absolute atomic E-state index is 0.0441. The average molecular weight is 310 g/mol. The number of carbonyl (C=O) groups excluding carboxylic acids is 1. The standard InChI is InChI=1S/C15H26N4O3/c1-11(13-16-14(17-22-13)15(2,3)4)18-6-8-19(9-7-18)12(20)10-21-5/h11H,6-10H2,1-5H3. The minimum atomic E-state index is -0.118. The normalized spacial score (nSPS) is 18.5. The first-order valence-corrected chi connectivity index (χ1v) is 7.67. The molecule has 1 atom stereocenters. The van der Waals surface area contributed by atoms with E-state index in [2.05, 4.69) is 42.7 Å². The second-order valence-corrected chi connectivity index (χ2v) is 6.73. The first kappa shape index (κ1) is 16.9. The lowest BCUT2D eigenvalue weighted by Gasteiger charge is -2.36. The summed E-state index contributed by atoms with van der Waals surface area (Å²) in [5, 5.41) is 4.08. The van der Waals surface area contributed by atoms with E-state index in [1.54, 1.807) is 7.11 Å². The molecule has 0 bridgehead atoms. The highest BCUT2D eigenvalue weighted by atomic mass is 16.5. The van der Waals surface area contributed by atoms with Crippen LogP contribution in [0.2, 0.25) is 0 Å². The van der Waals surface area contributed by atoms with Gasteiger partial charge in [-0.15, -0.1) is 0 Å². The van der Waals surface area contributed by atoms with Crippen molar-refractivity contribution in [3.63, 3.8) is 0 Å². The number of carbonyl (C=O) groups is 1. The Kier molecular flexibility index (Phi) is 5.18. The topological polar surface area (TPSA) is 71.7 Å².